The molecule has 21 heavy (non-hydrogen) atoms. The van der Waals surface area contributed by atoms with Gasteiger partial charge in [0.15, 0.2) is 0 Å². The van der Waals surface area contributed by atoms with Gasteiger partial charge < -0.3 is 10.6 Å². The number of pyridine rings is 1. The van der Waals surface area contributed by atoms with Crippen LogP contribution in [0.25, 0.3) is 0 Å². The van der Waals surface area contributed by atoms with Crippen molar-refractivity contribution >= 4 is 27.7 Å². The Labute approximate surface area is 135 Å². The molecule has 1 aliphatic rings. The zero-order valence-electron chi connectivity index (χ0n) is 12.8. The summed E-state index contributed by atoms with van der Waals surface area (Å²) in [5.41, 5.74) is 0.598. The SMILES string of the molecule is CCC(NC(=O)c1cc(Br)cnc1NC)C1CCCCC1. The smallest absolute Gasteiger partial charge is 0.255 e. The van der Waals surface area contributed by atoms with E-state index in [0.29, 0.717) is 17.3 Å². The maximum absolute atomic E-state index is 12.6. The summed E-state index contributed by atoms with van der Waals surface area (Å²) in [6.07, 6.45) is 9.05. The Morgan fingerprint density at radius 3 is 2.76 bits per heavy atom. The highest BCUT2D eigenvalue weighted by Crippen LogP contribution is 2.28. The van der Waals surface area contributed by atoms with Crippen molar-refractivity contribution in [2.75, 3.05) is 12.4 Å². The van der Waals surface area contributed by atoms with E-state index in [-0.39, 0.29) is 11.9 Å². The van der Waals surface area contributed by atoms with Crippen molar-refractivity contribution in [1.82, 2.24) is 10.3 Å². The minimum Gasteiger partial charge on any atom is -0.372 e. The van der Waals surface area contributed by atoms with Gasteiger partial charge in [-0.2, -0.15) is 0 Å². The van der Waals surface area contributed by atoms with Crippen molar-refractivity contribution < 1.29 is 4.79 Å². The van der Waals surface area contributed by atoms with Gasteiger partial charge in [0.05, 0.1) is 5.56 Å². The van der Waals surface area contributed by atoms with E-state index in [1.165, 1.54) is 32.1 Å². The van der Waals surface area contributed by atoms with E-state index < -0.39 is 0 Å². The number of nitrogens with one attached hydrogen (secondary N) is 2. The molecule has 1 aromatic rings. The molecule has 5 heteroatoms. The fraction of sp³-hybridized carbons (Fsp3) is 0.625. The molecular weight excluding hydrogens is 330 g/mol. The average Bonchev–Trinajstić information content (AvgIpc) is 2.53. The number of hydrogen-bond acceptors (Lipinski definition) is 3. The molecule has 0 aliphatic heterocycles. The molecule has 0 saturated heterocycles. The lowest BCUT2D eigenvalue weighted by Gasteiger charge is -2.30. The molecule has 1 amide bonds. The zero-order valence-corrected chi connectivity index (χ0v) is 14.4. The predicted octanol–water partition coefficient (Wildman–Crippen LogP) is 3.97. The van der Waals surface area contributed by atoms with E-state index in [4.69, 9.17) is 0 Å². The van der Waals surface area contributed by atoms with Gasteiger partial charge >= 0.3 is 0 Å². The number of amides is 1. The monoisotopic (exact) mass is 353 g/mol. The van der Waals surface area contributed by atoms with Crippen molar-refractivity contribution in [3.8, 4) is 0 Å². The number of nitrogens with zero attached hydrogens (tertiary/aromatic N) is 1. The summed E-state index contributed by atoms with van der Waals surface area (Å²) in [4.78, 5) is 16.8. The Kier molecular flexibility index (Phi) is 6.03. The fourth-order valence-electron chi connectivity index (χ4n) is 3.15. The number of rotatable bonds is 5. The Morgan fingerprint density at radius 1 is 1.43 bits per heavy atom. The molecule has 2 rings (SSSR count). The number of carbonyl (C=O) groups is 1. The van der Waals surface area contributed by atoms with Gasteiger partial charge in [0.25, 0.3) is 5.91 Å². The summed E-state index contributed by atoms with van der Waals surface area (Å²) in [5.74, 6) is 1.20. The highest BCUT2D eigenvalue weighted by molar-refractivity contribution is 9.10. The Morgan fingerprint density at radius 2 is 2.14 bits per heavy atom. The third kappa shape index (κ3) is 4.19. The summed E-state index contributed by atoms with van der Waals surface area (Å²) in [5, 5.41) is 6.20. The van der Waals surface area contributed by atoms with Crippen molar-refractivity contribution in [3.05, 3.63) is 22.3 Å². The summed E-state index contributed by atoms with van der Waals surface area (Å²) in [6.45, 7) is 2.15. The van der Waals surface area contributed by atoms with E-state index in [1.807, 2.05) is 6.07 Å². The van der Waals surface area contributed by atoms with Crippen LogP contribution >= 0.6 is 15.9 Å². The van der Waals surface area contributed by atoms with E-state index in [9.17, 15) is 4.79 Å². The maximum Gasteiger partial charge on any atom is 0.255 e. The third-order valence-corrected chi connectivity index (χ3v) is 4.74. The quantitative estimate of drug-likeness (QED) is 0.841. The average molecular weight is 354 g/mol. The van der Waals surface area contributed by atoms with E-state index >= 15 is 0 Å². The first-order chi connectivity index (χ1) is 10.2. The Bertz CT molecular complexity index is 486. The second-order valence-electron chi connectivity index (χ2n) is 5.69. The molecule has 1 unspecified atom stereocenters. The van der Waals surface area contributed by atoms with Crippen molar-refractivity contribution in [3.63, 3.8) is 0 Å². The number of hydrogen-bond donors (Lipinski definition) is 2. The Balaban J connectivity index is 2.10. The van der Waals surface area contributed by atoms with Gasteiger partial charge in [-0.1, -0.05) is 26.2 Å². The number of anilines is 1. The van der Waals surface area contributed by atoms with Gasteiger partial charge in [-0.25, -0.2) is 4.98 Å². The van der Waals surface area contributed by atoms with Gasteiger partial charge in [0, 0.05) is 23.8 Å². The minimum atomic E-state index is -0.0365. The van der Waals surface area contributed by atoms with Crippen molar-refractivity contribution in [1.29, 1.82) is 0 Å². The van der Waals surface area contributed by atoms with Crippen LogP contribution in [-0.4, -0.2) is 24.0 Å². The fourth-order valence-corrected chi connectivity index (χ4v) is 3.48. The molecule has 4 nitrogen and oxygen atoms in total. The summed E-state index contributed by atoms with van der Waals surface area (Å²) < 4.78 is 0.817. The second kappa shape index (κ2) is 7.78. The van der Waals surface area contributed by atoms with Gasteiger partial charge in [0.2, 0.25) is 0 Å². The van der Waals surface area contributed by atoms with Gasteiger partial charge in [-0.15, -0.1) is 0 Å². The lowest BCUT2D eigenvalue weighted by molar-refractivity contribution is 0.0911. The van der Waals surface area contributed by atoms with Gasteiger partial charge in [-0.05, 0) is 47.2 Å². The van der Waals surface area contributed by atoms with Crippen LogP contribution in [-0.2, 0) is 0 Å². The van der Waals surface area contributed by atoms with E-state index in [0.717, 1.165) is 10.9 Å². The van der Waals surface area contributed by atoms with Crippen LogP contribution in [0.1, 0.15) is 55.8 Å². The largest absolute Gasteiger partial charge is 0.372 e. The molecule has 1 saturated carbocycles. The summed E-state index contributed by atoms with van der Waals surface area (Å²) >= 11 is 3.38. The lowest BCUT2D eigenvalue weighted by Crippen LogP contribution is -2.41. The first kappa shape index (κ1) is 16.3. The van der Waals surface area contributed by atoms with Crippen LogP contribution in [0.4, 0.5) is 5.82 Å². The summed E-state index contributed by atoms with van der Waals surface area (Å²) in [6, 6.07) is 2.09. The minimum absolute atomic E-state index is 0.0365. The number of carbonyl (C=O) groups excluding carboxylic acids is 1. The van der Waals surface area contributed by atoms with Gasteiger partial charge in [-0.3, -0.25) is 4.79 Å². The van der Waals surface area contributed by atoms with E-state index in [2.05, 4.69) is 38.5 Å². The van der Waals surface area contributed by atoms with Crippen LogP contribution in [0.2, 0.25) is 0 Å². The van der Waals surface area contributed by atoms with E-state index in [1.54, 1.807) is 13.2 Å². The number of halogens is 1. The van der Waals surface area contributed by atoms with Crippen molar-refractivity contribution in [2.24, 2.45) is 5.92 Å². The molecule has 0 bridgehead atoms. The van der Waals surface area contributed by atoms with Crippen LogP contribution < -0.4 is 10.6 Å². The standard InChI is InChI=1S/C16H24BrN3O/c1-3-14(11-7-5-4-6-8-11)20-16(21)13-9-12(17)10-19-15(13)18-2/h9-11,14H,3-8H2,1-2H3,(H,18,19)(H,20,21). The molecule has 116 valence electrons. The molecule has 1 aromatic heterocycles. The van der Waals surface area contributed by atoms with Crippen molar-refractivity contribution in [2.45, 2.75) is 51.5 Å². The van der Waals surface area contributed by atoms with Crippen LogP contribution in [0.15, 0.2) is 16.7 Å². The molecule has 2 N–H and O–H groups in total. The highest BCUT2D eigenvalue weighted by atomic mass is 79.9. The van der Waals surface area contributed by atoms with Crippen LogP contribution in [0.5, 0.6) is 0 Å². The molecule has 1 heterocycles. The number of aromatic nitrogens is 1. The Hall–Kier alpha value is -1.10. The van der Waals surface area contributed by atoms with Gasteiger partial charge in [0.1, 0.15) is 5.82 Å². The molecule has 1 fully saturated rings. The highest BCUT2D eigenvalue weighted by Gasteiger charge is 2.25. The molecule has 1 aliphatic carbocycles. The lowest BCUT2D eigenvalue weighted by atomic mass is 9.83. The molecule has 0 aromatic carbocycles. The maximum atomic E-state index is 12.6. The first-order valence-corrected chi connectivity index (χ1v) is 8.59. The second-order valence-corrected chi connectivity index (χ2v) is 6.60. The first-order valence-electron chi connectivity index (χ1n) is 7.79. The summed E-state index contributed by atoms with van der Waals surface area (Å²) in [7, 11) is 1.78. The van der Waals surface area contributed by atoms with Crippen LogP contribution in [0.3, 0.4) is 0 Å². The normalized spacial score (nSPS) is 17.3. The molecule has 0 spiro atoms. The predicted molar refractivity (Wildman–Crippen MR) is 89.6 cm³/mol. The molecule has 0 radical (unpaired) electrons. The zero-order chi connectivity index (χ0) is 15.2. The third-order valence-electron chi connectivity index (χ3n) is 4.31. The topological polar surface area (TPSA) is 54.0 Å². The van der Waals surface area contributed by atoms with Crippen LogP contribution in [0, 0.1) is 5.92 Å². The molecule has 1 atom stereocenters. The molecular formula is C16H24BrN3O.